The van der Waals surface area contributed by atoms with E-state index in [1.54, 1.807) is 121 Å². The second kappa shape index (κ2) is 29.4. The van der Waals surface area contributed by atoms with Gasteiger partial charge in [-0.3, -0.25) is 38.9 Å². The number of aromatic hydroxyl groups is 2. The SMILES string of the molecule is O=C(Oc1ccncc1)C(Cc1ccc(O)cc1)N1C(=O)c2cc(Oc3cccc(OCC4CO4)c3)c3c4c(Oc5cccc(OCC6CO6)c5)cc5c6c(cc(Oc7cccc(OCC8CO8)c7)c(c7c(Oc8cccc(OCC9CO9)c8)cc(c2c37)C1=O)c64)C(=O)N(C(Cc1ccc(O)cc1)C(=O)Oc1ccncc1)C5=O. The van der Waals surface area contributed by atoms with Crippen molar-refractivity contribution in [3.63, 3.8) is 0 Å². The number of esters is 2. The first-order valence-electron chi connectivity index (χ1n) is 36.7. The van der Waals surface area contributed by atoms with E-state index in [1.165, 1.54) is 97.6 Å². The van der Waals surface area contributed by atoms with Crippen LogP contribution in [0, 0.1) is 0 Å². The lowest BCUT2D eigenvalue weighted by Crippen LogP contribution is -2.52. The van der Waals surface area contributed by atoms with Gasteiger partial charge in [-0.1, -0.05) is 48.5 Å². The lowest BCUT2D eigenvalue weighted by Gasteiger charge is -2.35. The summed E-state index contributed by atoms with van der Waals surface area (Å²) >= 11 is 0. The number of fused-ring (bicyclic) bond motifs is 2. The molecule has 4 fully saturated rings. The summed E-state index contributed by atoms with van der Waals surface area (Å²) in [5.41, 5.74) is 0.196. The molecule has 6 aliphatic rings. The van der Waals surface area contributed by atoms with Crippen LogP contribution in [0.25, 0.3) is 43.1 Å². The molecule has 8 heterocycles. The van der Waals surface area contributed by atoms with E-state index in [2.05, 4.69) is 9.97 Å². The number of hydrogen-bond donors (Lipinski definition) is 2. The van der Waals surface area contributed by atoms with Crippen molar-refractivity contribution in [2.24, 2.45) is 0 Å². The summed E-state index contributed by atoms with van der Waals surface area (Å²) in [7, 11) is 0. The van der Waals surface area contributed by atoms with E-state index in [0.717, 1.165) is 9.80 Å². The van der Waals surface area contributed by atoms with Gasteiger partial charge in [-0.2, -0.15) is 0 Å². The van der Waals surface area contributed by atoms with Crippen molar-refractivity contribution < 1.29 is 105 Å². The van der Waals surface area contributed by atoms with E-state index >= 15 is 28.8 Å². The number of hydrogen-bond acceptors (Lipinski definition) is 24. The first-order valence-corrected chi connectivity index (χ1v) is 36.7. The molecule has 4 saturated heterocycles. The van der Waals surface area contributed by atoms with Gasteiger partial charge in [-0.15, -0.1) is 0 Å². The lowest BCUT2D eigenvalue weighted by atomic mass is 9.80. The average molecular weight is 1530 g/mol. The molecule has 26 nitrogen and oxygen atoms in total. The molecule has 6 aliphatic heterocycles. The highest BCUT2D eigenvalue weighted by Gasteiger charge is 2.48. The molecule has 0 bridgehead atoms. The van der Waals surface area contributed by atoms with Crippen LogP contribution in [0.15, 0.2) is 219 Å². The number of pyridine rings is 2. The highest BCUT2D eigenvalue weighted by molar-refractivity contribution is 6.45. The van der Waals surface area contributed by atoms with E-state index < -0.39 is 47.7 Å². The van der Waals surface area contributed by atoms with E-state index in [-0.39, 0.29) is 198 Å². The minimum atomic E-state index is -1.72. The molecule has 0 radical (unpaired) electrons. The van der Waals surface area contributed by atoms with Crippen molar-refractivity contribution in [1.29, 1.82) is 0 Å². The second-order valence-corrected chi connectivity index (χ2v) is 28.0. The smallest absolute Gasteiger partial charge is 0.335 e. The fourth-order valence-electron chi connectivity index (χ4n) is 14.3. The number of carbonyl (C=O) groups excluding carboxylic acids is 6. The van der Waals surface area contributed by atoms with Crippen molar-refractivity contribution in [2.75, 3.05) is 52.9 Å². The molecule has 568 valence electrons. The van der Waals surface area contributed by atoms with Gasteiger partial charge in [0.15, 0.2) is 0 Å². The second-order valence-electron chi connectivity index (χ2n) is 28.0. The summed E-state index contributed by atoms with van der Waals surface area (Å²) in [6.07, 6.45) is 4.44. The highest BCUT2D eigenvalue weighted by atomic mass is 16.6. The summed E-state index contributed by atoms with van der Waals surface area (Å²) in [5.74, 6) is -4.18. The lowest BCUT2D eigenvalue weighted by molar-refractivity contribution is -0.139. The maximum absolute atomic E-state index is 16.7. The van der Waals surface area contributed by atoms with Gasteiger partial charge in [0.05, 0.1) is 48.7 Å². The van der Waals surface area contributed by atoms with E-state index in [0.29, 0.717) is 60.6 Å². The quantitative estimate of drug-likeness (QED) is 0.0139. The topological polar surface area (TPSA) is 318 Å². The minimum Gasteiger partial charge on any atom is -0.508 e. The van der Waals surface area contributed by atoms with Crippen LogP contribution in [0.5, 0.6) is 92.0 Å². The third kappa shape index (κ3) is 14.3. The Hall–Kier alpha value is -13.9. The molecule has 0 aliphatic carbocycles. The van der Waals surface area contributed by atoms with Crippen LogP contribution in [-0.4, -0.2) is 155 Å². The zero-order valence-corrected chi connectivity index (χ0v) is 60.2. The summed E-state index contributed by atoms with van der Waals surface area (Å²) < 4.78 is 88.5. The number of carbonyl (C=O) groups is 6. The Kier molecular flexibility index (Phi) is 18.2. The number of benzene rings is 11. The normalized spacial score (nSPS) is 17.5. The molecule has 19 rings (SSSR count). The maximum Gasteiger partial charge on any atom is 0.335 e. The number of phenolic OH excluding ortho intramolecular Hbond substituents is 2. The van der Waals surface area contributed by atoms with Crippen LogP contribution in [0.1, 0.15) is 52.6 Å². The van der Waals surface area contributed by atoms with Gasteiger partial charge in [-0.05, 0) is 132 Å². The molecule has 13 aromatic rings. The number of aromatic nitrogens is 2. The van der Waals surface area contributed by atoms with Gasteiger partial charge in [0, 0.05) is 105 Å². The molecule has 11 aromatic carbocycles. The molecular formula is C88H64N4O22. The van der Waals surface area contributed by atoms with Crippen molar-refractivity contribution >= 4 is 78.7 Å². The monoisotopic (exact) mass is 1530 g/mol. The summed E-state index contributed by atoms with van der Waals surface area (Å²) in [5, 5.41) is 21.8. The van der Waals surface area contributed by atoms with Gasteiger partial charge >= 0.3 is 11.9 Å². The highest BCUT2D eigenvalue weighted by Crippen LogP contribution is 2.59. The van der Waals surface area contributed by atoms with Crippen LogP contribution in [0.2, 0.25) is 0 Å². The fourth-order valence-corrected chi connectivity index (χ4v) is 14.3. The van der Waals surface area contributed by atoms with Gasteiger partial charge in [0.25, 0.3) is 23.6 Å². The summed E-state index contributed by atoms with van der Waals surface area (Å²) in [4.78, 5) is 107. The molecule has 6 unspecified atom stereocenters. The van der Waals surface area contributed by atoms with Crippen LogP contribution in [0.3, 0.4) is 0 Å². The number of rotatable bonds is 30. The van der Waals surface area contributed by atoms with Crippen molar-refractivity contribution in [3.8, 4) is 92.0 Å². The molecule has 114 heavy (non-hydrogen) atoms. The molecule has 2 N–H and O–H groups in total. The minimum absolute atomic E-state index is 0.0225. The molecule has 6 atom stereocenters. The van der Waals surface area contributed by atoms with Gasteiger partial charge in [-0.25, -0.2) is 9.59 Å². The molecule has 0 saturated carbocycles. The Bertz CT molecular complexity index is 5400. The zero-order valence-electron chi connectivity index (χ0n) is 60.2. The van der Waals surface area contributed by atoms with Gasteiger partial charge in [0.2, 0.25) is 0 Å². The summed E-state index contributed by atoms with van der Waals surface area (Å²) in [6.45, 7) is 2.84. The standard InChI is InChI=1S/C88H64N4O22/c93-49-17-13-47(14-18-49)29-69(87(99)113-51-21-25-89-26-22-51)91-83(95)65-35-71(109-57-9-1-5-53(31-57)101-39-61-43-105-61)77-78-72(110-58-10-2-6-54(32-58)102-40-62-44-106-62)36-67-76-68(86(98)92(85(67)97)70(30-48-15-19-50(94)20-16-48)88(100)114-52-23-27-90-28-24-52)38-74(112-60-12-4-8-56(34-60)104-42-64-46-108-64)80(82(76)78)79-73(37-66(84(91)96)75(65)81(77)79)111-59-11-3-7-55(33-59)103-41-63-45-107-63/h1-28,31-38,61-64,69-70,93-94H,29-30,39-46H2. The Morgan fingerprint density at radius 3 is 0.868 bits per heavy atom. The molecule has 0 spiro atoms. The fraction of sp³-hybridized carbons (Fsp3) is 0.182. The number of nitrogens with zero attached hydrogens (tertiary/aromatic N) is 4. The van der Waals surface area contributed by atoms with Crippen LogP contribution in [0.4, 0.5) is 0 Å². The molecule has 2 aromatic heterocycles. The number of amides is 4. The Labute approximate surface area is 647 Å². The van der Waals surface area contributed by atoms with Crippen molar-refractivity contribution in [3.05, 3.63) is 252 Å². The van der Waals surface area contributed by atoms with Crippen molar-refractivity contribution in [1.82, 2.24) is 19.8 Å². The van der Waals surface area contributed by atoms with Crippen LogP contribution < -0.4 is 47.4 Å². The molecule has 4 amide bonds. The Morgan fingerprint density at radius 2 is 0.605 bits per heavy atom. The Morgan fingerprint density at radius 1 is 0.342 bits per heavy atom. The number of imide groups is 2. The Balaban J connectivity index is 0.923. The van der Waals surface area contributed by atoms with E-state index in [1.807, 2.05) is 0 Å². The third-order valence-corrected chi connectivity index (χ3v) is 20.1. The van der Waals surface area contributed by atoms with Gasteiger partial charge < -0.3 is 76.5 Å². The van der Waals surface area contributed by atoms with E-state index in [4.69, 9.17) is 66.3 Å². The number of phenols is 2. The largest absolute Gasteiger partial charge is 0.508 e. The van der Waals surface area contributed by atoms with Gasteiger partial charge in [0.1, 0.15) is 155 Å². The predicted octanol–water partition coefficient (Wildman–Crippen LogP) is 13.8. The predicted molar refractivity (Wildman–Crippen MR) is 407 cm³/mol. The zero-order chi connectivity index (χ0) is 77.2. The molecular weight excluding hydrogens is 1460 g/mol. The third-order valence-electron chi connectivity index (χ3n) is 20.1. The first kappa shape index (κ1) is 70.5. The van der Waals surface area contributed by atoms with Crippen LogP contribution >= 0.6 is 0 Å². The first-order chi connectivity index (χ1) is 55.7. The maximum atomic E-state index is 16.7. The molecule has 26 heteroatoms. The average Bonchev–Trinajstić information content (AvgIpc) is 0.814. The van der Waals surface area contributed by atoms with Crippen LogP contribution in [-0.2, 0) is 41.4 Å². The number of epoxide rings is 4. The van der Waals surface area contributed by atoms with E-state index in [9.17, 15) is 10.2 Å². The van der Waals surface area contributed by atoms with Crippen molar-refractivity contribution in [2.45, 2.75) is 49.3 Å². The summed E-state index contributed by atoms with van der Waals surface area (Å²) in [6, 6.07) is 47.1. The number of ether oxygens (including phenoxy) is 14.